The highest BCUT2D eigenvalue weighted by Gasteiger charge is 2.83. The minimum absolute atomic E-state index is 0.0175. The Labute approximate surface area is 147 Å². The molecular formula is C20H26O5. The maximum Gasteiger partial charge on any atom is 0.313 e. The molecule has 0 amide bonds. The summed E-state index contributed by atoms with van der Waals surface area (Å²) < 4.78 is 6.12. The fraction of sp³-hybridized carbons (Fsp3) is 0.800. The van der Waals surface area contributed by atoms with Gasteiger partial charge in [0.05, 0.1) is 16.9 Å². The lowest BCUT2D eigenvalue weighted by Crippen LogP contribution is -2.50. The van der Waals surface area contributed by atoms with Crippen molar-refractivity contribution in [2.75, 3.05) is 0 Å². The van der Waals surface area contributed by atoms with Crippen molar-refractivity contribution in [3.8, 4) is 0 Å². The third kappa shape index (κ3) is 1.41. The number of carbonyl (C=O) groups excluding carboxylic acids is 1. The van der Waals surface area contributed by atoms with Gasteiger partial charge in [0.25, 0.3) is 0 Å². The van der Waals surface area contributed by atoms with E-state index in [1.807, 2.05) is 6.92 Å². The summed E-state index contributed by atoms with van der Waals surface area (Å²) in [5, 5.41) is 21.2. The lowest BCUT2D eigenvalue weighted by atomic mass is 9.56. The average Bonchev–Trinajstić information content (AvgIpc) is 2.95. The molecule has 0 aromatic rings. The number of hydrogen-bond acceptors (Lipinski definition) is 4. The Balaban J connectivity index is 1.76. The largest absolute Gasteiger partial charge is 0.481 e. The van der Waals surface area contributed by atoms with Crippen LogP contribution in [0.2, 0.25) is 0 Å². The zero-order valence-electron chi connectivity index (χ0n) is 14.9. The maximum atomic E-state index is 12.9. The quantitative estimate of drug-likeness (QED) is 0.563. The summed E-state index contributed by atoms with van der Waals surface area (Å²) in [6, 6.07) is 0. The maximum absolute atomic E-state index is 12.9. The van der Waals surface area contributed by atoms with Gasteiger partial charge in [0.1, 0.15) is 5.60 Å². The van der Waals surface area contributed by atoms with E-state index < -0.39 is 33.9 Å². The van der Waals surface area contributed by atoms with Crippen LogP contribution >= 0.6 is 0 Å². The van der Waals surface area contributed by atoms with Gasteiger partial charge in [0.15, 0.2) is 0 Å². The number of fused-ring (bicyclic) bond motifs is 1. The van der Waals surface area contributed by atoms with Crippen molar-refractivity contribution < 1.29 is 24.5 Å². The van der Waals surface area contributed by atoms with Gasteiger partial charge < -0.3 is 14.9 Å². The standard InChI is InChI=1S/C20H26O5/c1-10-4-7-20-12-5-6-19(24)9-18(12,8-11(19)2)13(15(21)22)14(20)17(10,3)16(23)25-20/h10,12-14,24H,2,4-9H2,1,3H3,(H,21,22)/t10-,12?,13?,14?,17-,18-,19-,20+/m0/s1. The van der Waals surface area contributed by atoms with Crippen molar-refractivity contribution in [2.45, 2.75) is 63.6 Å². The Hall–Kier alpha value is -1.36. The molecule has 4 saturated carbocycles. The molecule has 5 heteroatoms. The van der Waals surface area contributed by atoms with Gasteiger partial charge in [-0.15, -0.1) is 0 Å². The predicted octanol–water partition coefficient (Wildman–Crippen LogP) is 2.53. The number of rotatable bonds is 1. The second-order valence-electron chi connectivity index (χ2n) is 9.67. The fourth-order valence-electron chi connectivity index (χ4n) is 7.89. The Morgan fingerprint density at radius 3 is 2.72 bits per heavy atom. The second kappa shape index (κ2) is 4.13. The molecule has 1 aliphatic heterocycles. The van der Waals surface area contributed by atoms with Crippen LogP contribution < -0.4 is 0 Å². The third-order valence-corrected chi connectivity index (χ3v) is 9.06. The zero-order valence-corrected chi connectivity index (χ0v) is 14.9. The van der Waals surface area contributed by atoms with E-state index in [-0.39, 0.29) is 23.7 Å². The molecule has 136 valence electrons. The number of aliphatic carboxylic acids is 1. The summed E-state index contributed by atoms with van der Waals surface area (Å²) in [5.74, 6) is -1.86. The van der Waals surface area contributed by atoms with E-state index in [0.29, 0.717) is 25.7 Å². The first kappa shape index (κ1) is 15.9. The van der Waals surface area contributed by atoms with Crippen molar-refractivity contribution in [3.05, 3.63) is 12.2 Å². The van der Waals surface area contributed by atoms with Crippen molar-refractivity contribution in [1.82, 2.24) is 0 Å². The minimum atomic E-state index is -0.940. The summed E-state index contributed by atoms with van der Waals surface area (Å²) >= 11 is 0. The van der Waals surface area contributed by atoms with Gasteiger partial charge in [-0.25, -0.2) is 0 Å². The number of hydrogen-bond donors (Lipinski definition) is 2. The van der Waals surface area contributed by atoms with Crippen LogP contribution in [0.1, 0.15) is 52.4 Å². The number of carbonyl (C=O) groups is 2. The Kier molecular flexibility index (Phi) is 2.62. The zero-order chi connectivity index (χ0) is 18.0. The summed E-state index contributed by atoms with van der Waals surface area (Å²) in [5.41, 5.74) is -2.09. The minimum Gasteiger partial charge on any atom is -0.481 e. The number of aliphatic hydroxyl groups is 1. The first-order chi connectivity index (χ1) is 11.6. The Morgan fingerprint density at radius 1 is 1.32 bits per heavy atom. The van der Waals surface area contributed by atoms with E-state index in [0.717, 1.165) is 18.4 Å². The molecule has 0 aromatic carbocycles. The van der Waals surface area contributed by atoms with Crippen molar-refractivity contribution in [2.24, 2.45) is 34.5 Å². The third-order valence-electron chi connectivity index (χ3n) is 9.06. The van der Waals surface area contributed by atoms with E-state index in [9.17, 15) is 19.8 Å². The monoisotopic (exact) mass is 346 g/mol. The molecule has 2 N–H and O–H groups in total. The van der Waals surface area contributed by atoms with Gasteiger partial charge in [-0.2, -0.15) is 0 Å². The van der Waals surface area contributed by atoms with Gasteiger partial charge >= 0.3 is 11.9 Å². The van der Waals surface area contributed by atoms with E-state index >= 15 is 0 Å². The number of carboxylic acid groups (broad SMARTS) is 1. The lowest BCUT2D eigenvalue weighted by Gasteiger charge is -2.46. The lowest BCUT2D eigenvalue weighted by molar-refractivity contribution is -0.163. The predicted molar refractivity (Wildman–Crippen MR) is 88.4 cm³/mol. The summed E-state index contributed by atoms with van der Waals surface area (Å²) in [4.78, 5) is 25.4. The molecule has 1 saturated heterocycles. The average molecular weight is 346 g/mol. The molecule has 1 heterocycles. The van der Waals surface area contributed by atoms with E-state index in [1.165, 1.54) is 0 Å². The Morgan fingerprint density at radius 2 is 2.04 bits per heavy atom. The van der Waals surface area contributed by atoms with E-state index in [2.05, 4.69) is 13.5 Å². The van der Waals surface area contributed by atoms with Crippen LogP contribution in [0, 0.1) is 34.5 Å². The van der Waals surface area contributed by atoms with E-state index in [4.69, 9.17) is 4.74 Å². The summed E-state index contributed by atoms with van der Waals surface area (Å²) in [7, 11) is 0. The van der Waals surface area contributed by atoms with Gasteiger partial charge in [-0.05, 0) is 62.4 Å². The summed E-state index contributed by atoms with van der Waals surface area (Å²) in [6.07, 6.45) is 3.96. The molecule has 1 spiro atoms. The number of carboxylic acids is 1. The van der Waals surface area contributed by atoms with Crippen molar-refractivity contribution >= 4 is 11.9 Å². The Bertz CT molecular complexity index is 730. The molecule has 5 rings (SSSR count). The molecular weight excluding hydrogens is 320 g/mol. The van der Waals surface area contributed by atoms with Gasteiger partial charge in [-0.1, -0.05) is 13.5 Å². The van der Waals surface area contributed by atoms with Crippen LogP contribution in [0.15, 0.2) is 12.2 Å². The highest BCUT2D eigenvalue weighted by molar-refractivity contribution is 5.85. The molecule has 4 aliphatic carbocycles. The molecule has 0 aromatic heterocycles. The van der Waals surface area contributed by atoms with Crippen molar-refractivity contribution in [1.29, 1.82) is 0 Å². The highest BCUT2D eigenvalue weighted by Crippen LogP contribution is 2.79. The molecule has 8 atom stereocenters. The number of esters is 1. The first-order valence-electron chi connectivity index (χ1n) is 9.49. The second-order valence-corrected chi connectivity index (χ2v) is 9.67. The molecule has 3 unspecified atom stereocenters. The van der Waals surface area contributed by atoms with Crippen molar-refractivity contribution in [3.63, 3.8) is 0 Å². The normalized spacial score (nSPS) is 58.7. The van der Waals surface area contributed by atoms with Gasteiger partial charge in [-0.3, -0.25) is 9.59 Å². The van der Waals surface area contributed by atoms with Crippen LogP contribution in [0.4, 0.5) is 0 Å². The topological polar surface area (TPSA) is 83.8 Å². The van der Waals surface area contributed by atoms with Crippen LogP contribution in [-0.4, -0.2) is 33.4 Å². The van der Waals surface area contributed by atoms with Crippen LogP contribution in [0.5, 0.6) is 0 Å². The van der Waals surface area contributed by atoms with Crippen LogP contribution in [0.25, 0.3) is 0 Å². The molecule has 0 radical (unpaired) electrons. The molecule has 25 heavy (non-hydrogen) atoms. The summed E-state index contributed by atoms with van der Waals surface area (Å²) in [6.45, 7) is 8.07. The van der Waals surface area contributed by atoms with Gasteiger partial charge in [0, 0.05) is 11.8 Å². The van der Waals surface area contributed by atoms with Gasteiger partial charge in [0.2, 0.25) is 0 Å². The number of ether oxygens (including phenoxy) is 1. The molecule has 5 nitrogen and oxygen atoms in total. The molecule has 4 bridgehead atoms. The highest BCUT2D eigenvalue weighted by atomic mass is 16.6. The molecule has 5 aliphatic rings. The van der Waals surface area contributed by atoms with Crippen LogP contribution in [-0.2, 0) is 14.3 Å². The fourth-order valence-corrected chi connectivity index (χ4v) is 7.89. The molecule has 5 fully saturated rings. The van der Waals surface area contributed by atoms with Crippen LogP contribution in [0.3, 0.4) is 0 Å². The SMILES string of the molecule is C=C1C[C@]23C[C@@]1(O)CCC2[C@@]12CC[C@H](C)[C@](C)(C(=O)O1)C2C3C(=O)O. The smallest absolute Gasteiger partial charge is 0.313 e. The van der Waals surface area contributed by atoms with E-state index in [1.54, 1.807) is 0 Å². The first-order valence-corrected chi connectivity index (χ1v) is 9.49.